The number of aromatic nitrogens is 1. The first-order valence-electron chi connectivity index (χ1n) is 17.8. The molecule has 0 atom stereocenters. The highest BCUT2D eigenvalue weighted by Gasteiger charge is 2.49. The number of sulfone groups is 1. The first-order valence-corrected chi connectivity index (χ1v) is 19.3. The van der Waals surface area contributed by atoms with Crippen LogP contribution < -0.4 is 0 Å². The minimum absolute atomic E-state index is 0.322. The van der Waals surface area contributed by atoms with Gasteiger partial charge in [0.15, 0.2) is 0 Å². The third-order valence-electron chi connectivity index (χ3n) is 10.9. The number of benzene rings is 8. The summed E-state index contributed by atoms with van der Waals surface area (Å²) < 4.78 is 32.3. The van der Waals surface area contributed by atoms with Crippen LogP contribution >= 0.6 is 0 Å². The summed E-state index contributed by atoms with van der Waals surface area (Å²) in [5, 5.41) is 2.06. The first kappa shape index (κ1) is 31.3. The topological polar surface area (TPSA) is 39.1 Å². The molecule has 0 fully saturated rings. The van der Waals surface area contributed by atoms with E-state index in [0.717, 1.165) is 72.0 Å². The van der Waals surface area contributed by atoms with Crippen LogP contribution in [-0.4, -0.2) is 13.0 Å². The number of para-hydroxylation sites is 1. The molecule has 0 bridgehead atoms. The third kappa shape index (κ3) is 4.69. The SMILES string of the molecule is O=S1(=O)c2ccccc2C(c2ccccc2)(c2ccccc2)c2cc3c4ccccc4n(-c4cc(-c5ccccc5)cc(-c5ccccc5)c4)c3cc21. The Bertz CT molecular complexity index is 2840. The average Bonchev–Trinajstić information content (AvgIpc) is 3.55. The van der Waals surface area contributed by atoms with Crippen LogP contribution in [0.3, 0.4) is 0 Å². The van der Waals surface area contributed by atoms with E-state index >= 15 is 8.42 Å². The molecule has 0 saturated heterocycles. The lowest BCUT2D eigenvalue weighted by Crippen LogP contribution is -2.37. The molecule has 9 aromatic rings. The normalized spacial score (nSPS) is 14.1. The molecule has 252 valence electrons. The van der Waals surface area contributed by atoms with Gasteiger partial charge in [0.2, 0.25) is 9.84 Å². The highest BCUT2D eigenvalue weighted by Crippen LogP contribution is 2.55. The fourth-order valence-electron chi connectivity index (χ4n) is 8.56. The zero-order valence-corrected chi connectivity index (χ0v) is 29.5. The van der Waals surface area contributed by atoms with E-state index in [1.54, 1.807) is 6.07 Å². The van der Waals surface area contributed by atoms with Crippen LogP contribution in [0.25, 0.3) is 49.7 Å². The minimum atomic E-state index is -3.93. The molecule has 1 aliphatic heterocycles. The van der Waals surface area contributed by atoms with E-state index in [4.69, 9.17) is 0 Å². The highest BCUT2D eigenvalue weighted by atomic mass is 32.2. The van der Waals surface area contributed by atoms with Gasteiger partial charge in [0.05, 0.1) is 26.2 Å². The summed E-state index contributed by atoms with van der Waals surface area (Å²) in [5.41, 5.74) is 9.86. The van der Waals surface area contributed by atoms with Crippen molar-refractivity contribution in [2.75, 3.05) is 0 Å². The lowest BCUT2D eigenvalue weighted by molar-refractivity contribution is 0.579. The molecule has 0 N–H and O–H groups in total. The molecule has 3 nitrogen and oxygen atoms in total. The van der Waals surface area contributed by atoms with Crippen molar-refractivity contribution >= 4 is 31.6 Å². The van der Waals surface area contributed by atoms with Gasteiger partial charge >= 0.3 is 0 Å². The molecular formula is C49H33NO2S. The van der Waals surface area contributed by atoms with Crippen molar-refractivity contribution in [3.05, 3.63) is 222 Å². The Morgan fingerprint density at radius 1 is 0.377 bits per heavy atom. The molecule has 0 aliphatic carbocycles. The molecule has 1 aromatic heterocycles. The quantitative estimate of drug-likeness (QED) is 0.179. The number of hydrogen-bond acceptors (Lipinski definition) is 2. The lowest BCUT2D eigenvalue weighted by Gasteiger charge is -2.41. The van der Waals surface area contributed by atoms with Gasteiger partial charge in [0.25, 0.3) is 0 Å². The van der Waals surface area contributed by atoms with Gasteiger partial charge in [-0.3, -0.25) is 0 Å². The molecule has 53 heavy (non-hydrogen) atoms. The van der Waals surface area contributed by atoms with Crippen molar-refractivity contribution in [2.24, 2.45) is 0 Å². The second-order valence-electron chi connectivity index (χ2n) is 13.7. The van der Waals surface area contributed by atoms with Crippen molar-refractivity contribution in [2.45, 2.75) is 15.2 Å². The summed E-state index contributed by atoms with van der Waals surface area (Å²) in [4.78, 5) is 0.655. The van der Waals surface area contributed by atoms with Crippen molar-refractivity contribution in [3.8, 4) is 27.9 Å². The van der Waals surface area contributed by atoms with E-state index in [0.29, 0.717) is 9.79 Å². The Hall–Kier alpha value is -6.49. The van der Waals surface area contributed by atoms with Gasteiger partial charge in [0.1, 0.15) is 0 Å². The Labute approximate surface area is 309 Å². The maximum Gasteiger partial charge on any atom is 0.207 e. The van der Waals surface area contributed by atoms with E-state index < -0.39 is 15.3 Å². The van der Waals surface area contributed by atoms with Gasteiger partial charge < -0.3 is 4.57 Å². The van der Waals surface area contributed by atoms with Crippen molar-refractivity contribution in [1.29, 1.82) is 0 Å². The van der Waals surface area contributed by atoms with Crippen molar-refractivity contribution in [1.82, 2.24) is 4.57 Å². The van der Waals surface area contributed by atoms with E-state index in [9.17, 15) is 0 Å². The van der Waals surface area contributed by atoms with E-state index in [1.165, 1.54) is 0 Å². The zero-order chi connectivity index (χ0) is 35.6. The molecule has 10 rings (SSSR count). The number of nitrogens with zero attached hydrogens (tertiary/aromatic N) is 1. The molecule has 0 amide bonds. The van der Waals surface area contributed by atoms with E-state index in [2.05, 4.69) is 126 Å². The Morgan fingerprint density at radius 2 is 0.887 bits per heavy atom. The molecule has 8 aromatic carbocycles. The smallest absolute Gasteiger partial charge is 0.207 e. The van der Waals surface area contributed by atoms with Gasteiger partial charge in [-0.05, 0) is 87.0 Å². The number of rotatable bonds is 5. The Morgan fingerprint density at radius 3 is 1.49 bits per heavy atom. The fraction of sp³-hybridized carbons (Fsp3) is 0.0204. The van der Waals surface area contributed by atoms with Crippen molar-refractivity contribution < 1.29 is 8.42 Å². The molecule has 0 radical (unpaired) electrons. The van der Waals surface area contributed by atoms with Gasteiger partial charge in [-0.25, -0.2) is 8.42 Å². The largest absolute Gasteiger partial charge is 0.309 e. The molecule has 0 unspecified atom stereocenters. The van der Waals surface area contributed by atoms with Crippen LogP contribution in [0.4, 0.5) is 0 Å². The number of fused-ring (bicyclic) bond motifs is 5. The maximum atomic E-state index is 15.0. The summed E-state index contributed by atoms with van der Waals surface area (Å²) >= 11 is 0. The van der Waals surface area contributed by atoms with Gasteiger partial charge in [-0.2, -0.15) is 0 Å². The molecule has 0 spiro atoms. The van der Waals surface area contributed by atoms with Crippen molar-refractivity contribution in [3.63, 3.8) is 0 Å². The van der Waals surface area contributed by atoms with Crippen LogP contribution in [0.15, 0.2) is 210 Å². The zero-order valence-electron chi connectivity index (χ0n) is 28.7. The molecular weight excluding hydrogens is 667 g/mol. The van der Waals surface area contributed by atoms with Gasteiger partial charge in [0, 0.05) is 16.5 Å². The van der Waals surface area contributed by atoms with Gasteiger partial charge in [-0.1, -0.05) is 158 Å². The Kier molecular flexibility index (Phi) is 7.11. The van der Waals surface area contributed by atoms with Crippen LogP contribution in [0.2, 0.25) is 0 Å². The molecule has 1 aliphatic rings. The second kappa shape index (κ2) is 12.0. The number of hydrogen-bond donors (Lipinski definition) is 0. The summed E-state index contributed by atoms with van der Waals surface area (Å²) in [7, 11) is -3.93. The highest BCUT2D eigenvalue weighted by molar-refractivity contribution is 7.91. The summed E-state index contributed by atoms with van der Waals surface area (Å²) in [5.74, 6) is 0. The lowest BCUT2D eigenvalue weighted by atomic mass is 9.64. The fourth-order valence-corrected chi connectivity index (χ4v) is 10.3. The summed E-state index contributed by atoms with van der Waals surface area (Å²) in [6.45, 7) is 0. The minimum Gasteiger partial charge on any atom is -0.309 e. The maximum absolute atomic E-state index is 15.0. The van der Waals surface area contributed by atoms with E-state index in [-0.39, 0.29) is 0 Å². The van der Waals surface area contributed by atoms with Crippen LogP contribution in [0.1, 0.15) is 22.3 Å². The first-order chi connectivity index (χ1) is 26.0. The van der Waals surface area contributed by atoms with E-state index in [1.807, 2.05) is 72.8 Å². The molecule has 2 heterocycles. The monoisotopic (exact) mass is 699 g/mol. The molecule has 0 saturated carbocycles. The second-order valence-corrected chi connectivity index (χ2v) is 15.6. The van der Waals surface area contributed by atoms with Crippen LogP contribution in [-0.2, 0) is 15.3 Å². The predicted octanol–water partition coefficient (Wildman–Crippen LogP) is 11.6. The Balaban J connectivity index is 1.35. The predicted molar refractivity (Wildman–Crippen MR) is 215 cm³/mol. The van der Waals surface area contributed by atoms with Crippen LogP contribution in [0.5, 0.6) is 0 Å². The summed E-state index contributed by atoms with van der Waals surface area (Å²) in [6, 6.07) is 68.2. The summed E-state index contributed by atoms with van der Waals surface area (Å²) in [6.07, 6.45) is 0. The third-order valence-corrected chi connectivity index (χ3v) is 12.7. The standard InChI is InChI=1S/C49H33NO2S/c51-53(52)47-28-16-14-26-43(47)49(38-21-9-3-10-22-38,39-23-11-4-12-24-39)44-32-42-41-25-13-15-27-45(41)50(46(42)33-48(44)53)40-30-36(34-17-5-1-6-18-34)29-37(31-40)35-19-7-2-8-20-35/h1-33H. The molecule has 4 heteroatoms. The van der Waals surface area contributed by atoms with Crippen LogP contribution in [0, 0.1) is 0 Å². The van der Waals surface area contributed by atoms with Gasteiger partial charge in [-0.15, -0.1) is 0 Å². The average molecular weight is 700 g/mol.